The van der Waals surface area contributed by atoms with Crippen molar-refractivity contribution < 1.29 is 9.18 Å². The monoisotopic (exact) mass is 266 g/mol. The second-order valence-corrected chi connectivity index (χ2v) is 4.90. The molecular formula is C15H23FN2O. The van der Waals surface area contributed by atoms with Crippen molar-refractivity contribution in [3.05, 3.63) is 35.6 Å². The largest absolute Gasteiger partial charge is 0.338 e. The lowest BCUT2D eigenvalue weighted by molar-refractivity contribution is -0.133. The Morgan fingerprint density at radius 2 is 2.05 bits per heavy atom. The number of likely N-dealkylation sites (N-methyl/N-ethyl adjacent to an activating group) is 1. The van der Waals surface area contributed by atoms with Crippen LogP contribution in [-0.4, -0.2) is 23.9 Å². The molecule has 0 saturated heterocycles. The summed E-state index contributed by atoms with van der Waals surface area (Å²) in [6.07, 6.45) is 2.60. The number of hydrogen-bond acceptors (Lipinski definition) is 2. The molecule has 3 nitrogen and oxygen atoms in total. The first kappa shape index (κ1) is 15.6. The molecule has 0 radical (unpaired) electrons. The van der Waals surface area contributed by atoms with Crippen LogP contribution in [0.3, 0.4) is 0 Å². The number of hydrogen-bond donors (Lipinski definition) is 1. The van der Waals surface area contributed by atoms with Gasteiger partial charge in [0.05, 0.1) is 12.1 Å². The second kappa shape index (κ2) is 7.24. The van der Waals surface area contributed by atoms with Gasteiger partial charge >= 0.3 is 0 Å². The van der Waals surface area contributed by atoms with E-state index in [1.807, 2.05) is 6.92 Å². The van der Waals surface area contributed by atoms with E-state index in [4.69, 9.17) is 5.73 Å². The van der Waals surface area contributed by atoms with Gasteiger partial charge in [0.2, 0.25) is 5.91 Å². The van der Waals surface area contributed by atoms with Crippen LogP contribution >= 0.6 is 0 Å². The highest BCUT2D eigenvalue weighted by atomic mass is 19.1. The third-order valence-electron chi connectivity index (χ3n) is 3.47. The summed E-state index contributed by atoms with van der Waals surface area (Å²) in [5.41, 5.74) is 6.39. The van der Waals surface area contributed by atoms with Crippen molar-refractivity contribution >= 4 is 5.91 Å². The quantitative estimate of drug-likeness (QED) is 0.860. The standard InChI is InChI=1S/C15H23FN2O/c1-4-5-10-14(17)15(19)18(3)11(2)12-8-6-7-9-13(12)16/h6-9,11,14H,4-5,10,17H2,1-3H3. The van der Waals surface area contributed by atoms with Crippen LogP contribution in [0.15, 0.2) is 24.3 Å². The van der Waals surface area contributed by atoms with E-state index in [9.17, 15) is 9.18 Å². The summed E-state index contributed by atoms with van der Waals surface area (Å²) in [7, 11) is 1.67. The molecule has 2 N–H and O–H groups in total. The SMILES string of the molecule is CCCCC(N)C(=O)N(C)C(C)c1ccccc1F. The zero-order valence-electron chi connectivity index (χ0n) is 11.9. The van der Waals surface area contributed by atoms with Crippen molar-refractivity contribution in [3.63, 3.8) is 0 Å². The van der Waals surface area contributed by atoms with Gasteiger partial charge in [-0.05, 0) is 19.4 Å². The number of halogens is 1. The highest BCUT2D eigenvalue weighted by Crippen LogP contribution is 2.22. The molecule has 19 heavy (non-hydrogen) atoms. The number of unbranched alkanes of at least 4 members (excludes halogenated alkanes) is 1. The van der Waals surface area contributed by atoms with Crippen molar-refractivity contribution in [2.75, 3.05) is 7.05 Å². The average Bonchev–Trinajstić information content (AvgIpc) is 2.42. The molecule has 0 heterocycles. The Hall–Kier alpha value is -1.42. The topological polar surface area (TPSA) is 46.3 Å². The van der Waals surface area contributed by atoms with Crippen LogP contribution < -0.4 is 5.73 Å². The van der Waals surface area contributed by atoms with E-state index in [0.29, 0.717) is 12.0 Å². The number of amides is 1. The van der Waals surface area contributed by atoms with Gasteiger partial charge in [-0.25, -0.2) is 4.39 Å². The number of carbonyl (C=O) groups excluding carboxylic acids is 1. The molecule has 0 aliphatic rings. The fraction of sp³-hybridized carbons (Fsp3) is 0.533. The number of carbonyl (C=O) groups is 1. The van der Waals surface area contributed by atoms with Crippen LogP contribution in [0, 0.1) is 5.82 Å². The van der Waals surface area contributed by atoms with Crippen LogP contribution in [-0.2, 0) is 4.79 Å². The molecular weight excluding hydrogens is 243 g/mol. The molecule has 1 rings (SSSR count). The Morgan fingerprint density at radius 3 is 2.63 bits per heavy atom. The zero-order valence-corrected chi connectivity index (χ0v) is 11.9. The summed E-state index contributed by atoms with van der Waals surface area (Å²) in [5, 5.41) is 0. The Bertz CT molecular complexity index is 422. The van der Waals surface area contributed by atoms with Crippen molar-refractivity contribution in [1.29, 1.82) is 0 Å². The van der Waals surface area contributed by atoms with E-state index >= 15 is 0 Å². The molecule has 106 valence electrons. The number of nitrogens with two attached hydrogens (primary N) is 1. The smallest absolute Gasteiger partial charge is 0.239 e. The maximum Gasteiger partial charge on any atom is 0.239 e. The van der Waals surface area contributed by atoms with E-state index in [2.05, 4.69) is 6.92 Å². The van der Waals surface area contributed by atoms with Crippen LogP contribution in [0.2, 0.25) is 0 Å². The summed E-state index contributed by atoms with van der Waals surface area (Å²) < 4.78 is 13.7. The van der Waals surface area contributed by atoms with Crippen LogP contribution in [0.1, 0.15) is 44.7 Å². The Kier molecular flexibility index (Phi) is 5.96. The maximum absolute atomic E-state index is 13.7. The summed E-state index contributed by atoms with van der Waals surface area (Å²) in [6.45, 7) is 3.87. The molecule has 0 aliphatic heterocycles. The predicted octanol–water partition coefficient (Wildman–Crippen LogP) is 2.86. The van der Waals surface area contributed by atoms with Crippen molar-refractivity contribution in [1.82, 2.24) is 4.90 Å². The van der Waals surface area contributed by atoms with E-state index in [1.165, 1.54) is 11.0 Å². The summed E-state index contributed by atoms with van der Waals surface area (Å²) in [5.74, 6) is -0.430. The second-order valence-electron chi connectivity index (χ2n) is 4.90. The molecule has 0 fully saturated rings. The highest BCUT2D eigenvalue weighted by Gasteiger charge is 2.23. The van der Waals surface area contributed by atoms with Crippen LogP contribution in [0.5, 0.6) is 0 Å². The lowest BCUT2D eigenvalue weighted by atomic mass is 10.0. The average molecular weight is 266 g/mol. The van der Waals surface area contributed by atoms with E-state index < -0.39 is 6.04 Å². The Balaban J connectivity index is 2.74. The Morgan fingerprint density at radius 1 is 1.42 bits per heavy atom. The molecule has 0 aliphatic carbocycles. The van der Waals surface area contributed by atoms with Gasteiger partial charge in [-0.15, -0.1) is 0 Å². The summed E-state index contributed by atoms with van der Waals surface area (Å²) in [4.78, 5) is 13.7. The van der Waals surface area contributed by atoms with Gasteiger partial charge in [0.15, 0.2) is 0 Å². The predicted molar refractivity (Wildman–Crippen MR) is 75.1 cm³/mol. The van der Waals surface area contributed by atoms with Gasteiger partial charge < -0.3 is 10.6 Å². The fourth-order valence-electron chi connectivity index (χ4n) is 2.02. The third kappa shape index (κ3) is 4.03. The molecule has 0 aromatic heterocycles. The first-order valence-electron chi connectivity index (χ1n) is 6.75. The minimum Gasteiger partial charge on any atom is -0.338 e. The lowest BCUT2D eigenvalue weighted by Gasteiger charge is -2.28. The van der Waals surface area contributed by atoms with Gasteiger partial charge in [-0.2, -0.15) is 0 Å². The van der Waals surface area contributed by atoms with Crippen molar-refractivity contribution in [3.8, 4) is 0 Å². The molecule has 1 aromatic carbocycles. The molecule has 1 aromatic rings. The first-order chi connectivity index (χ1) is 8.99. The molecule has 2 unspecified atom stereocenters. The summed E-state index contributed by atoms with van der Waals surface area (Å²) in [6, 6.07) is 5.69. The molecule has 0 saturated carbocycles. The van der Waals surface area contributed by atoms with E-state index in [0.717, 1.165) is 12.8 Å². The molecule has 0 spiro atoms. The highest BCUT2D eigenvalue weighted by molar-refractivity contribution is 5.81. The number of benzene rings is 1. The minimum atomic E-state index is -0.501. The zero-order chi connectivity index (χ0) is 14.4. The van der Waals surface area contributed by atoms with Crippen molar-refractivity contribution in [2.24, 2.45) is 5.73 Å². The first-order valence-corrected chi connectivity index (χ1v) is 6.75. The number of nitrogens with zero attached hydrogens (tertiary/aromatic N) is 1. The normalized spacial score (nSPS) is 13.9. The maximum atomic E-state index is 13.7. The minimum absolute atomic E-state index is 0.135. The van der Waals surface area contributed by atoms with Gasteiger partial charge in [0.1, 0.15) is 5.82 Å². The van der Waals surface area contributed by atoms with Gasteiger partial charge in [0.25, 0.3) is 0 Å². The summed E-state index contributed by atoms with van der Waals surface area (Å²) >= 11 is 0. The van der Waals surface area contributed by atoms with Gasteiger partial charge in [0, 0.05) is 12.6 Å². The van der Waals surface area contributed by atoms with Gasteiger partial charge in [-0.1, -0.05) is 38.0 Å². The lowest BCUT2D eigenvalue weighted by Crippen LogP contribution is -2.42. The molecule has 2 atom stereocenters. The van der Waals surface area contributed by atoms with E-state index in [1.54, 1.807) is 25.2 Å². The van der Waals surface area contributed by atoms with Gasteiger partial charge in [-0.3, -0.25) is 4.79 Å². The Labute approximate surface area is 114 Å². The molecule has 0 bridgehead atoms. The molecule has 1 amide bonds. The van der Waals surface area contributed by atoms with E-state index in [-0.39, 0.29) is 17.8 Å². The molecule has 4 heteroatoms. The van der Waals surface area contributed by atoms with Crippen LogP contribution in [0.25, 0.3) is 0 Å². The van der Waals surface area contributed by atoms with Crippen molar-refractivity contribution in [2.45, 2.75) is 45.2 Å². The third-order valence-corrected chi connectivity index (χ3v) is 3.47. The van der Waals surface area contributed by atoms with Crippen LogP contribution in [0.4, 0.5) is 4.39 Å². The fourth-order valence-corrected chi connectivity index (χ4v) is 2.02. The number of rotatable bonds is 6.